The fraction of sp³-hybridized carbons (Fsp3) is 0.333. The van der Waals surface area contributed by atoms with Crippen LogP contribution in [0.15, 0.2) is 23.3 Å². The number of hydrogen-bond acceptors (Lipinski definition) is 4. The molecule has 0 aliphatic heterocycles. The van der Waals surface area contributed by atoms with Gasteiger partial charge in [-0.05, 0) is 37.3 Å². The lowest BCUT2D eigenvalue weighted by atomic mass is 10.1. The SMILES string of the molecule is CNC(=S)N/N=C(/C)c1ccc(OC)c(OC)c1. The molecule has 2 N–H and O–H groups in total. The summed E-state index contributed by atoms with van der Waals surface area (Å²) in [4.78, 5) is 0. The zero-order chi connectivity index (χ0) is 13.5. The van der Waals surface area contributed by atoms with E-state index in [9.17, 15) is 0 Å². The number of hydrazone groups is 1. The average Bonchev–Trinajstić information content (AvgIpc) is 2.43. The van der Waals surface area contributed by atoms with E-state index in [0.717, 1.165) is 11.3 Å². The minimum absolute atomic E-state index is 0.467. The Labute approximate surface area is 112 Å². The van der Waals surface area contributed by atoms with Gasteiger partial charge in [0, 0.05) is 12.6 Å². The maximum atomic E-state index is 5.24. The van der Waals surface area contributed by atoms with Gasteiger partial charge >= 0.3 is 0 Å². The third-order valence-corrected chi connectivity index (χ3v) is 2.65. The first-order chi connectivity index (χ1) is 8.62. The molecule has 0 bridgehead atoms. The Bertz CT molecular complexity index is 461. The molecule has 0 atom stereocenters. The normalized spacial score (nSPS) is 10.8. The maximum Gasteiger partial charge on any atom is 0.186 e. The molecular weight excluding hydrogens is 250 g/mol. The molecule has 0 saturated heterocycles. The number of hydrogen-bond donors (Lipinski definition) is 2. The van der Waals surface area contributed by atoms with Crippen LogP contribution in [0.4, 0.5) is 0 Å². The number of rotatable bonds is 4. The van der Waals surface area contributed by atoms with Crippen LogP contribution in [0.1, 0.15) is 12.5 Å². The predicted molar refractivity (Wildman–Crippen MR) is 76.6 cm³/mol. The summed E-state index contributed by atoms with van der Waals surface area (Å²) in [7, 11) is 4.93. The van der Waals surface area contributed by atoms with E-state index in [1.165, 1.54) is 0 Å². The largest absolute Gasteiger partial charge is 0.493 e. The summed E-state index contributed by atoms with van der Waals surface area (Å²) in [6.07, 6.45) is 0. The molecule has 5 nitrogen and oxygen atoms in total. The van der Waals surface area contributed by atoms with Gasteiger partial charge in [0.05, 0.1) is 19.9 Å². The molecule has 0 aromatic heterocycles. The molecule has 1 rings (SSSR count). The van der Waals surface area contributed by atoms with Crippen molar-refractivity contribution in [3.8, 4) is 11.5 Å². The van der Waals surface area contributed by atoms with E-state index in [-0.39, 0.29) is 0 Å². The maximum absolute atomic E-state index is 5.24. The summed E-state index contributed by atoms with van der Waals surface area (Å²) in [5.74, 6) is 1.36. The molecule has 1 aromatic rings. The minimum Gasteiger partial charge on any atom is -0.493 e. The van der Waals surface area contributed by atoms with Crippen molar-refractivity contribution in [3.63, 3.8) is 0 Å². The van der Waals surface area contributed by atoms with Gasteiger partial charge in [0.25, 0.3) is 0 Å². The molecule has 0 aliphatic rings. The molecule has 0 fully saturated rings. The molecule has 0 spiro atoms. The van der Waals surface area contributed by atoms with Gasteiger partial charge in [0.15, 0.2) is 16.6 Å². The molecular formula is C12H17N3O2S. The van der Waals surface area contributed by atoms with Gasteiger partial charge in [-0.15, -0.1) is 0 Å². The first-order valence-electron chi connectivity index (χ1n) is 5.36. The van der Waals surface area contributed by atoms with Crippen LogP contribution >= 0.6 is 12.2 Å². The van der Waals surface area contributed by atoms with Crippen LogP contribution in [0.5, 0.6) is 11.5 Å². The lowest BCUT2D eigenvalue weighted by molar-refractivity contribution is 0.355. The van der Waals surface area contributed by atoms with Crippen LogP contribution in [-0.4, -0.2) is 32.1 Å². The number of ether oxygens (including phenoxy) is 2. The summed E-state index contributed by atoms with van der Waals surface area (Å²) in [6, 6.07) is 5.61. The number of nitrogens with one attached hydrogen (secondary N) is 2. The van der Waals surface area contributed by atoms with Crippen molar-refractivity contribution in [1.82, 2.24) is 10.7 Å². The molecule has 1 aromatic carbocycles. The molecule has 0 unspecified atom stereocenters. The highest BCUT2D eigenvalue weighted by molar-refractivity contribution is 7.80. The van der Waals surface area contributed by atoms with Gasteiger partial charge in [0.1, 0.15) is 0 Å². The molecule has 0 radical (unpaired) electrons. The second-order valence-corrected chi connectivity index (χ2v) is 3.87. The highest BCUT2D eigenvalue weighted by Gasteiger charge is 2.06. The smallest absolute Gasteiger partial charge is 0.186 e. The summed E-state index contributed by atoms with van der Waals surface area (Å²) in [5.41, 5.74) is 4.46. The van der Waals surface area contributed by atoms with E-state index in [1.54, 1.807) is 21.3 Å². The van der Waals surface area contributed by atoms with Gasteiger partial charge in [0.2, 0.25) is 0 Å². The summed E-state index contributed by atoms with van der Waals surface area (Å²) < 4.78 is 10.4. The Morgan fingerprint density at radius 3 is 2.44 bits per heavy atom. The quantitative estimate of drug-likeness (QED) is 0.492. The van der Waals surface area contributed by atoms with Crippen molar-refractivity contribution in [3.05, 3.63) is 23.8 Å². The molecule has 0 heterocycles. The lowest BCUT2D eigenvalue weighted by Gasteiger charge is -2.09. The first kappa shape index (κ1) is 14.2. The topological polar surface area (TPSA) is 54.9 Å². The van der Waals surface area contributed by atoms with E-state index in [4.69, 9.17) is 21.7 Å². The van der Waals surface area contributed by atoms with Crippen molar-refractivity contribution >= 4 is 23.0 Å². The number of methoxy groups -OCH3 is 2. The highest BCUT2D eigenvalue weighted by Crippen LogP contribution is 2.27. The van der Waals surface area contributed by atoms with E-state index < -0.39 is 0 Å². The Kier molecular flexibility index (Phi) is 5.38. The van der Waals surface area contributed by atoms with Crippen LogP contribution in [0.2, 0.25) is 0 Å². The van der Waals surface area contributed by atoms with Crippen molar-refractivity contribution in [1.29, 1.82) is 0 Å². The van der Waals surface area contributed by atoms with Crippen molar-refractivity contribution in [2.24, 2.45) is 5.10 Å². The predicted octanol–water partition coefficient (Wildman–Crippen LogP) is 1.52. The van der Waals surface area contributed by atoms with E-state index in [2.05, 4.69) is 15.8 Å². The number of thiocarbonyl (C=S) groups is 1. The molecule has 0 amide bonds. The molecule has 0 aliphatic carbocycles. The van der Waals surface area contributed by atoms with Crippen molar-refractivity contribution in [2.45, 2.75) is 6.92 Å². The van der Waals surface area contributed by atoms with E-state index in [0.29, 0.717) is 16.6 Å². The zero-order valence-corrected chi connectivity index (χ0v) is 11.7. The Balaban J connectivity index is 2.92. The minimum atomic E-state index is 0.467. The Morgan fingerprint density at radius 1 is 1.22 bits per heavy atom. The average molecular weight is 267 g/mol. The van der Waals surface area contributed by atoms with Gasteiger partial charge in [-0.2, -0.15) is 5.10 Å². The highest BCUT2D eigenvalue weighted by atomic mass is 32.1. The standard InChI is InChI=1S/C12H17N3O2S/c1-8(14-15-12(18)13-2)9-5-6-10(16-3)11(7-9)17-4/h5-7H,1-4H3,(H2,13,15,18)/b14-8-. The van der Waals surface area contributed by atoms with Crippen LogP contribution in [0.25, 0.3) is 0 Å². The number of nitrogens with zero attached hydrogens (tertiary/aromatic N) is 1. The third kappa shape index (κ3) is 3.59. The molecule has 6 heteroatoms. The van der Waals surface area contributed by atoms with E-state index in [1.807, 2.05) is 25.1 Å². The first-order valence-corrected chi connectivity index (χ1v) is 5.77. The molecule has 0 saturated carbocycles. The summed E-state index contributed by atoms with van der Waals surface area (Å²) in [6.45, 7) is 1.88. The molecule has 98 valence electrons. The number of benzene rings is 1. The fourth-order valence-electron chi connectivity index (χ4n) is 1.32. The monoisotopic (exact) mass is 267 g/mol. The summed E-state index contributed by atoms with van der Waals surface area (Å²) >= 11 is 4.94. The van der Waals surface area contributed by atoms with E-state index >= 15 is 0 Å². The Morgan fingerprint density at radius 2 is 1.89 bits per heavy atom. The third-order valence-electron chi connectivity index (χ3n) is 2.35. The van der Waals surface area contributed by atoms with Gasteiger partial charge < -0.3 is 14.8 Å². The van der Waals surface area contributed by atoms with Gasteiger partial charge in [-0.3, -0.25) is 5.43 Å². The van der Waals surface area contributed by atoms with Gasteiger partial charge in [-0.1, -0.05) is 0 Å². The van der Waals surface area contributed by atoms with Crippen molar-refractivity contribution < 1.29 is 9.47 Å². The van der Waals surface area contributed by atoms with Gasteiger partial charge in [-0.25, -0.2) is 0 Å². The Hall–Kier alpha value is -1.82. The molecule has 18 heavy (non-hydrogen) atoms. The van der Waals surface area contributed by atoms with Crippen LogP contribution in [-0.2, 0) is 0 Å². The van der Waals surface area contributed by atoms with Crippen LogP contribution in [0, 0.1) is 0 Å². The second-order valence-electron chi connectivity index (χ2n) is 3.46. The zero-order valence-electron chi connectivity index (χ0n) is 10.9. The van der Waals surface area contributed by atoms with Crippen molar-refractivity contribution in [2.75, 3.05) is 21.3 Å². The fourth-order valence-corrected chi connectivity index (χ4v) is 1.36. The van der Waals surface area contributed by atoms with Crippen LogP contribution in [0.3, 0.4) is 0 Å². The lowest BCUT2D eigenvalue weighted by Crippen LogP contribution is -2.29. The van der Waals surface area contributed by atoms with Crippen LogP contribution < -0.4 is 20.2 Å². The second kappa shape index (κ2) is 6.80. The summed E-state index contributed by atoms with van der Waals surface area (Å²) in [5, 5.41) is 7.41.